The summed E-state index contributed by atoms with van der Waals surface area (Å²) < 4.78 is 5.12. The van der Waals surface area contributed by atoms with Crippen molar-refractivity contribution in [3.63, 3.8) is 0 Å². The zero-order valence-electron chi connectivity index (χ0n) is 30.6. The highest BCUT2D eigenvalue weighted by Gasteiger charge is 2.33. The monoisotopic (exact) mass is 654 g/mol. The Kier molecular flexibility index (Phi) is 22.5. The third-order valence-corrected chi connectivity index (χ3v) is 9.49. The summed E-state index contributed by atoms with van der Waals surface area (Å²) in [7, 11) is 1.73. The minimum atomic E-state index is -0.301. The Morgan fingerprint density at radius 2 is 1.04 bits per heavy atom. The maximum Gasteiger partial charge on any atom is 0.228 e. The number of rotatable bonds is 13. The van der Waals surface area contributed by atoms with Crippen molar-refractivity contribution in [2.75, 3.05) is 46.6 Å². The molecule has 0 saturated carbocycles. The van der Waals surface area contributed by atoms with Gasteiger partial charge in [-0.05, 0) is 89.9 Å². The van der Waals surface area contributed by atoms with Crippen molar-refractivity contribution in [2.45, 2.75) is 168 Å². The van der Waals surface area contributed by atoms with Crippen LogP contribution in [0, 0.1) is 5.41 Å². The number of likely N-dealkylation sites (tertiary alicyclic amines) is 3. The molecule has 3 saturated heterocycles. The highest BCUT2D eigenvalue weighted by Crippen LogP contribution is 2.26. The average Bonchev–Trinajstić information content (AvgIpc) is 3.06. The number of carbonyl (C=O) groups is 3. The molecule has 9 nitrogen and oxygen atoms in total. The molecule has 9 heteroatoms. The normalized spacial score (nSPS) is 21.9. The Labute approximate surface area is 281 Å². The van der Waals surface area contributed by atoms with Crippen molar-refractivity contribution < 1.29 is 29.3 Å². The van der Waals surface area contributed by atoms with E-state index < -0.39 is 0 Å². The number of piperidine rings is 3. The van der Waals surface area contributed by atoms with Gasteiger partial charge >= 0.3 is 0 Å². The average molecular weight is 654 g/mol. The molecule has 3 unspecified atom stereocenters. The van der Waals surface area contributed by atoms with Gasteiger partial charge in [0.1, 0.15) is 0 Å². The number of nitrogens with zero attached hydrogens (tertiary/aromatic N) is 3. The first-order valence-electron chi connectivity index (χ1n) is 18.7. The molecule has 46 heavy (non-hydrogen) atoms. The molecule has 3 rings (SSSR count). The fourth-order valence-corrected chi connectivity index (χ4v) is 6.75. The summed E-state index contributed by atoms with van der Waals surface area (Å²) in [5.41, 5.74) is -0.301. The number of amides is 3. The number of carbonyl (C=O) groups excluding carboxylic acids is 3. The molecule has 0 spiro atoms. The van der Waals surface area contributed by atoms with E-state index in [9.17, 15) is 14.4 Å². The molecule has 3 aliphatic heterocycles. The third-order valence-electron chi connectivity index (χ3n) is 9.49. The zero-order chi connectivity index (χ0) is 34.4. The minimum Gasteiger partial charge on any atom is -0.396 e. The summed E-state index contributed by atoms with van der Waals surface area (Å²) in [5, 5.41) is 17.9. The summed E-state index contributed by atoms with van der Waals surface area (Å²) in [6, 6.07) is 0.988. The molecule has 3 heterocycles. The van der Waals surface area contributed by atoms with Gasteiger partial charge in [-0.15, -0.1) is 0 Å². The maximum atomic E-state index is 12.1. The smallest absolute Gasteiger partial charge is 0.228 e. The van der Waals surface area contributed by atoms with Crippen molar-refractivity contribution in [3.05, 3.63) is 0 Å². The highest BCUT2D eigenvalue weighted by atomic mass is 16.5. The molecule has 3 amide bonds. The molecule has 3 aliphatic rings. The van der Waals surface area contributed by atoms with Crippen molar-refractivity contribution >= 4 is 17.7 Å². The highest BCUT2D eigenvalue weighted by molar-refractivity contribution is 5.82. The van der Waals surface area contributed by atoms with E-state index >= 15 is 0 Å². The third kappa shape index (κ3) is 15.9. The van der Waals surface area contributed by atoms with Gasteiger partial charge < -0.3 is 29.6 Å². The second-order valence-electron chi connectivity index (χ2n) is 14.4. The molecule has 3 fully saturated rings. The van der Waals surface area contributed by atoms with Crippen molar-refractivity contribution in [1.29, 1.82) is 0 Å². The van der Waals surface area contributed by atoms with Crippen LogP contribution in [-0.4, -0.2) is 107 Å². The van der Waals surface area contributed by atoms with Gasteiger partial charge in [-0.25, -0.2) is 0 Å². The standard InChI is InChI=1S/C13H25NO2.2C12H23NO2/c1-3-4-8-13(15)14-10-6-5-7-12(14)9-11-16-2;1-12(2,3)11(15)13-8-5-4-6-10(13)7-9-14;1-2-3-7-12(15)13-9-5-4-6-11(13)8-10-14/h12H,3-11H2,1-2H3;10,14H,4-9H2,1-3H3;11,14H,2-10H2,1H3. The summed E-state index contributed by atoms with van der Waals surface area (Å²) in [6.45, 7) is 14.0. The van der Waals surface area contributed by atoms with Crippen LogP contribution in [0.3, 0.4) is 0 Å². The maximum absolute atomic E-state index is 12.1. The summed E-state index contributed by atoms with van der Waals surface area (Å²) in [6.07, 6.45) is 18.3. The van der Waals surface area contributed by atoms with Crippen LogP contribution in [-0.2, 0) is 19.1 Å². The second kappa shape index (κ2) is 24.4. The van der Waals surface area contributed by atoms with E-state index in [1.54, 1.807) is 7.11 Å². The van der Waals surface area contributed by atoms with Crippen LogP contribution in [0.4, 0.5) is 0 Å². The molecular formula is C37H71N3O6. The zero-order valence-corrected chi connectivity index (χ0v) is 30.6. The first kappa shape index (κ1) is 42.3. The summed E-state index contributed by atoms with van der Waals surface area (Å²) in [4.78, 5) is 42.1. The van der Waals surface area contributed by atoms with Gasteiger partial charge in [0.15, 0.2) is 0 Å². The van der Waals surface area contributed by atoms with Crippen molar-refractivity contribution in [3.8, 4) is 0 Å². The van der Waals surface area contributed by atoms with E-state index in [2.05, 4.69) is 18.7 Å². The second-order valence-corrected chi connectivity index (χ2v) is 14.4. The van der Waals surface area contributed by atoms with Crippen LogP contribution in [0.15, 0.2) is 0 Å². The molecule has 270 valence electrons. The van der Waals surface area contributed by atoms with E-state index in [0.717, 1.165) is 110 Å². The molecule has 0 aromatic heterocycles. The molecule has 0 aromatic rings. The van der Waals surface area contributed by atoms with Gasteiger partial charge in [0, 0.05) is 82.9 Å². The van der Waals surface area contributed by atoms with E-state index in [4.69, 9.17) is 14.9 Å². The molecule has 2 N–H and O–H groups in total. The van der Waals surface area contributed by atoms with Gasteiger partial charge in [0.05, 0.1) is 0 Å². The number of unbranched alkanes of at least 4 members (excludes halogenated alkanes) is 2. The molecule has 0 aromatic carbocycles. The van der Waals surface area contributed by atoms with E-state index in [1.165, 1.54) is 25.7 Å². The van der Waals surface area contributed by atoms with Crippen LogP contribution in [0.25, 0.3) is 0 Å². The lowest BCUT2D eigenvalue weighted by Crippen LogP contribution is -2.48. The van der Waals surface area contributed by atoms with Gasteiger partial charge in [-0.1, -0.05) is 47.5 Å². The SMILES string of the molecule is CC(C)(C)C(=O)N1CCCCC1CCO.CCCCC(=O)N1CCCCC1CCO.CCCCC(=O)N1CCCCC1CCOC. The molecule has 0 aliphatic carbocycles. The lowest BCUT2D eigenvalue weighted by Gasteiger charge is -2.39. The molecule has 0 radical (unpaired) electrons. The van der Waals surface area contributed by atoms with Crippen LogP contribution in [0.2, 0.25) is 0 Å². The van der Waals surface area contributed by atoms with Gasteiger partial charge in [-0.3, -0.25) is 14.4 Å². The lowest BCUT2D eigenvalue weighted by atomic mass is 9.90. The fraction of sp³-hybridized carbons (Fsp3) is 0.919. The van der Waals surface area contributed by atoms with E-state index in [1.807, 2.05) is 30.6 Å². The Balaban J connectivity index is 0.000000345. The first-order valence-corrected chi connectivity index (χ1v) is 18.7. The van der Waals surface area contributed by atoms with Gasteiger partial charge in [0.2, 0.25) is 17.7 Å². The number of hydrogen-bond acceptors (Lipinski definition) is 6. The number of hydrogen-bond donors (Lipinski definition) is 2. The van der Waals surface area contributed by atoms with E-state index in [-0.39, 0.29) is 36.5 Å². The summed E-state index contributed by atoms with van der Waals surface area (Å²) >= 11 is 0. The first-order chi connectivity index (χ1) is 22.0. The number of aliphatic hydroxyl groups is 2. The van der Waals surface area contributed by atoms with Crippen LogP contribution < -0.4 is 0 Å². The van der Waals surface area contributed by atoms with Gasteiger partial charge in [0.25, 0.3) is 0 Å². The summed E-state index contributed by atoms with van der Waals surface area (Å²) in [5.74, 6) is 0.860. The Morgan fingerprint density at radius 1 is 0.652 bits per heavy atom. The van der Waals surface area contributed by atoms with Gasteiger partial charge in [-0.2, -0.15) is 0 Å². The lowest BCUT2D eigenvalue weighted by molar-refractivity contribution is -0.143. The molecule has 0 bridgehead atoms. The predicted octanol–water partition coefficient (Wildman–Crippen LogP) is 6.33. The number of aliphatic hydroxyl groups excluding tert-OH is 2. The van der Waals surface area contributed by atoms with E-state index in [0.29, 0.717) is 24.4 Å². The Morgan fingerprint density at radius 3 is 1.41 bits per heavy atom. The van der Waals surface area contributed by atoms with Crippen LogP contribution in [0.5, 0.6) is 0 Å². The minimum absolute atomic E-state index is 0.179. The molecule has 3 atom stereocenters. The van der Waals surface area contributed by atoms with Crippen LogP contribution >= 0.6 is 0 Å². The largest absolute Gasteiger partial charge is 0.396 e. The Hall–Kier alpha value is -1.71. The quantitative estimate of drug-likeness (QED) is 0.240. The Bertz CT molecular complexity index is 828. The fourth-order valence-electron chi connectivity index (χ4n) is 6.75. The number of methoxy groups -OCH3 is 1. The number of ether oxygens (including phenoxy) is 1. The van der Waals surface area contributed by atoms with Crippen molar-refractivity contribution in [1.82, 2.24) is 14.7 Å². The topological polar surface area (TPSA) is 111 Å². The van der Waals surface area contributed by atoms with Crippen molar-refractivity contribution in [2.24, 2.45) is 5.41 Å². The van der Waals surface area contributed by atoms with Crippen LogP contribution in [0.1, 0.15) is 150 Å². The predicted molar refractivity (Wildman–Crippen MR) is 186 cm³/mol. The molecular weight excluding hydrogens is 582 g/mol.